The Balaban J connectivity index is 2.36. The highest BCUT2D eigenvalue weighted by atomic mass is 16.2. The molecule has 0 aliphatic rings. The highest BCUT2D eigenvalue weighted by Crippen LogP contribution is 2.03. The van der Waals surface area contributed by atoms with E-state index >= 15 is 0 Å². The maximum atomic E-state index is 11.6. The predicted molar refractivity (Wildman–Crippen MR) is 64.0 cm³/mol. The van der Waals surface area contributed by atoms with Gasteiger partial charge in [-0.25, -0.2) is 4.79 Å². The van der Waals surface area contributed by atoms with E-state index in [-0.39, 0.29) is 11.6 Å². The number of hydrogen-bond acceptors (Lipinski definition) is 2. The van der Waals surface area contributed by atoms with E-state index in [4.69, 9.17) is 0 Å². The Morgan fingerprint density at radius 3 is 2.71 bits per heavy atom. The molecule has 2 aromatic rings. The van der Waals surface area contributed by atoms with Crippen molar-refractivity contribution in [1.29, 1.82) is 0 Å². The Kier molecular flexibility index (Phi) is 3.09. The lowest BCUT2D eigenvalue weighted by Crippen LogP contribution is -2.26. The number of amides is 1. The van der Waals surface area contributed by atoms with E-state index < -0.39 is 0 Å². The molecule has 2 rings (SSSR count). The monoisotopic (exact) mass is 231 g/mol. The van der Waals surface area contributed by atoms with Crippen molar-refractivity contribution in [2.24, 2.45) is 0 Å². The molecular weight excluding hydrogens is 218 g/mol. The third-order valence-electron chi connectivity index (χ3n) is 2.51. The van der Waals surface area contributed by atoms with E-state index in [1.165, 1.54) is 17.8 Å². The Hall–Kier alpha value is -2.30. The minimum absolute atomic E-state index is 0.278. The van der Waals surface area contributed by atoms with Crippen molar-refractivity contribution in [1.82, 2.24) is 14.9 Å². The fourth-order valence-electron chi connectivity index (χ4n) is 1.63. The van der Waals surface area contributed by atoms with E-state index in [0.717, 1.165) is 5.56 Å². The molecule has 5 nitrogen and oxygen atoms in total. The first-order valence-corrected chi connectivity index (χ1v) is 5.26. The first kappa shape index (κ1) is 11.2. The number of nitrogens with one attached hydrogen (secondary N) is 2. The van der Waals surface area contributed by atoms with Crippen LogP contribution >= 0.6 is 0 Å². The van der Waals surface area contributed by atoms with Gasteiger partial charge in [-0.15, -0.1) is 0 Å². The topological polar surface area (TPSA) is 66.9 Å². The van der Waals surface area contributed by atoms with E-state index in [0.29, 0.717) is 12.2 Å². The van der Waals surface area contributed by atoms with Crippen LogP contribution in [-0.2, 0) is 6.54 Å². The molecule has 0 aliphatic carbocycles. The number of carbonyl (C=O) groups is 1. The Morgan fingerprint density at radius 1 is 1.35 bits per heavy atom. The molecule has 0 fully saturated rings. The smallest absolute Gasteiger partial charge is 0.326 e. The van der Waals surface area contributed by atoms with Gasteiger partial charge in [-0.2, -0.15) is 0 Å². The summed E-state index contributed by atoms with van der Waals surface area (Å²) in [4.78, 5) is 25.7. The van der Waals surface area contributed by atoms with E-state index in [1.54, 1.807) is 0 Å². The molecule has 0 saturated heterocycles. The zero-order chi connectivity index (χ0) is 12.3. The average molecular weight is 231 g/mol. The summed E-state index contributed by atoms with van der Waals surface area (Å²) in [5, 5.41) is 2.50. The van der Waals surface area contributed by atoms with Crippen LogP contribution in [0.25, 0.3) is 0 Å². The summed E-state index contributed by atoms with van der Waals surface area (Å²) in [5.74, 6) is -0.278. The van der Waals surface area contributed by atoms with Gasteiger partial charge in [0.05, 0.1) is 6.54 Å². The number of hydrogen-bond donors (Lipinski definition) is 2. The Bertz CT molecular complexity index is 569. The van der Waals surface area contributed by atoms with Crippen LogP contribution in [0.2, 0.25) is 0 Å². The summed E-state index contributed by atoms with van der Waals surface area (Å²) in [6.45, 7) is 0.381. The zero-order valence-corrected chi connectivity index (χ0v) is 9.43. The lowest BCUT2D eigenvalue weighted by molar-refractivity contribution is 0.0954. The van der Waals surface area contributed by atoms with Crippen LogP contribution in [0.1, 0.15) is 16.1 Å². The van der Waals surface area contributed by atoms with Crippen molar-refractivity contribution in [2.75, 3.05) is 7.05 Å². The van der Waals surface area contributed by atoms with Crippen LogP contribution < -0.4 is 11.0 Å². The summed E-state index contributed by atoms with van der Waals surface area (Å²) in [6.07, 6.45) is 1.42. The number of imidazole rings is 1. The summed E-state index contributed by atoms with van der Waals surface area (Å²) < 4.78 is 1.41. The van der Waals surface area contributed by atoms with Crippen LogP contribution in [0.3, 0.4) is 0 Å². The second-order valence-corrected chi connectivity index (χ2v) is 3.63. The van der Waals surface area contributed by atoms with Gasteiger partial charge in [-0.1, -0.05) is 30.3 Å². The van der Waals surface area contributed by atoms with Crippen molar-refractivity contribution < 1.29 is 4.79 Å². The molecule has 0 radical (unpaired) electrons. The van der Waals surface area contributed by atoms with E-state index in [1.807, 2.05) is 30.3 Å². The molecule has 0 saturated carbocycles. The third kappa shape index (κ3) is 2.28. The van der Waals surface area contributed by atoms with Gasteiger partial charge >= 0.3 is 5.69 Å². The maximum Gasteiger partial charge on any atom is 0.326 e. The first-order chi connectivity index (χ1) is 8.22. The van der Waals surface area contributed by atoms with Crippen LogP contribution in [0.15, 0.2) is 41.3 Å². The van der Waals surface area contributed by atoms with Crippen LogP contribution in [0.5, 0.6) is 0 Å². The van der Waals surface area contributed by atoms with Crippen molar-refractivity contribution in [2.45, 2.75) is 6.54 Å². The molecule has 1 amide bonds. The first-order valence-electron chi connectivity index (χ1n) is 5.26. The van der Waals surface area contributed by atoms with Gasteiger partial charge in [-0.05, 0) is 5.56 Å². The highest BCUT2D eigenvalue weighted by Gasteiger charge is 2.12. The summed E-state index contributed by atoms with van der Waals surface area (Å²) in [7, 11) is 1.53. The fraction of sp³-hybridized carbons (Fsp3) is 0.167. The molecule has 0 aliphatic heterocycles. The predicted octanol–water partition coefficient (Wildman–Crippen LogP) is 0.584. The van der Waals surface area contributed by atoms with E-state index in [2.05, 4.69) is 10.3 Å². The van der Waals surface area contributed by atoms with Gasteiger partial charge in [-0.3, -0.25) is 9.36 Å². The summed E-state index contributed by atoms with van der Waals surface area (Å²) >= 11 is 0. The van der Waals surface area contributed by atoms with Gasteiger partial charge in [0, 0.05) is 13.2 Å². The number of aromatic nitrogens is 2. The fourth-order valence-corrected chi connectivity index (χ4v) is 1.63. The summed E-state index contributed by atoms with van der Waals surface area (Å²) in [6, 6.07) is 9.52. The summed E-state index contributed by atoms with van der Waals surface area (Å²) in [5.41, 5.74) is 1.02. The van der Waals surface area contributed by atoms with Crippen molar-refractivity contribution in [3.8, 4) is 0 Å². The lowest BCUT2D eigenvalue weighted by Gasteiger charge is -2.05. The second-order valence-electron chi connectivity index (χ2n) is 3.63. The SMILES string of the molecule is CNC(=O)c1c[nH]c(=O)n1Cc1ccccc1. The standard InChI is InChI=1S/C12H13N3O2/c1-13-11(16)10-7-14-12(17)15(10)8-9-5-3-2-4-6-9/h2-7H,8H2,1H3,(H,13,16)(H,14,17). The number of aromatic amines is 1. The lowest BCUT2D eigenvalue weighted by atomic mass is 10.2. The minimum atomic E-state index is -0.285. The third-order valence-corrected chi connectivity index (χ3v) is 2.51. The number of benzene rings is 1. The second kappa shape index (κ2) is 4.69. The number of carbonyl (C=O) groups excluding carboxylic acids is 1. The largest absolute Gasteiger partial charge is 0.354 e. The van der Waals surface area contributed by atoms with Gasteiger partial charge in [0.2, 0.25) is 0 Å². The minimum Gasteiger partial charge on any atom is -0.354 e. The van der Waals surface area contributed by atoms with Crippen molar-refractivity contribution in [3.05, 3.63) is 58.3 Å². The molecule has 17 heavy (non-hydrogen) atoms. The molecule has 1 aromatic heterocycles. The van der Waals surface area contributed by atoms with Gasteiger partial charge < -0.3 is 10.3 Å². The van der Waals surface area contributed by atoms with Gasteiger partial charge in [0.1, 0.15) is 5.69 Å². The molecule has 1 aromatic carbocycles. The molecule has 88 valence electrons. The van der Waals surface area contributed by atoms with Crippen LogP contribution in [0, 0.1) is 0 Å². The molecule has 0 spiro atoms. The molecule has 0 atom stereocenters. The molecule has 0 bridgehead atoms. The number of H-pyrrole nitrogens is 1. The van der Waals surface area contributed by atoms with Crippen molar-refractivity contribution >= 4 is 5.91 Å². The quantitative estimate of drug-likeness (QED) is 0.811. The zero-order valence-electron chi connectivity index (χ0n) is 9.43. The molecular formula is C12H13N3O2. The Labute approximate surface area is 98.1 Å². The molecule has 1 heterocycles. The maximum absolute atomic E-state index is 11.6. The molecule has 2 N–H and O–H groups in total. The number of rotatable bonds is 3. The van der Waals surface area contributed by atoms with Crippen LogP contribution in [0.4, 0.5) is 0 Å². The van der Waals surface area contributed by atoms with Gasteiger partial charge in [0.25, 0.3) is 5.91 Å². The highest BCUT2D eigenvalue weighted by molar-refractivity contribution is 5.92. The normalized spacial score (nSPS) is 10.2. The number of nitrogens with zero attached hydrogens (tertiary/aromatic N) is 1. The van der Waals surface area contributed by atoms with Crippen molar-refractivity contribution in [3.63, 3.8) is 0 Å². The van der Waals surface area contributed by atoms with Gasteiger partial charge in [0.15, 0.2) is 0 Å². The van der Waals surface area contributed by atoms with E-state index in [9.17, 15) is 9.59 Å². The average Bonchev–Trinajstić information content (AvgIpc) is 2.72. The molecule has 5 heteroatoms. The molecule has 0 unspecified atom stereocenters. The van der Waals surface area contributed by atoms with Crippen LogP contribution in [-0.4, -0.2) is 22.5 Å². The Morgan fingerprint density at radius 2 is 2.06 bits per heavy atom.